The van der Waals surface area contributed by atoms with E-state index in [2.05, 4.69) is 20.9 Å². The topological polar surface area (TPSA) is 126 Å². The highest BCUT2D eigenvalue weighted by molar-refractivity contribution is 8.00. The average molecular weight is 621 g/mol. The number of hydrogen-bond acceptors (Lipinski definition) is 9. The standard InChI is InChI=1S/C30H28N4O5S3/c1-3-39-26(35)16-22-18-41-30(32-22)34-27(36)19(2)42-23-13-11-21(12-14-23)31-29(38)25(17-24-10-7-15-40-24)33-28(37)20-8-5-4-6-9-20/h4-15,17-19H,3,16H2,1-2H3,(H,31,38)(H,33,37)(H,32,34,36)/b25-17-. The van der Waals surface area contributed by atoms with Crippen LogP contribution in [0.2, 0.25) is 0 Å². The average Bonchev–Trinajstić information content (AvgIpc) is 3.66. The molecule has 4 rings (SSSR count). The fourth-order valence-corrected chi connectivity index (χ4v) is 5.78. The van der Waals surface area contributed by atoms with Crippen molar-refractivity contribution in [2.24, 2.45) is 0 Å². The van der Waals surface area contributed by atoms with Gasteiger partial charge in [-0.2, -0.15) is 0 Å². The molecule has 0 radical (unpaired) electrons. The van der Waals surface area contributed by atoms with Gasteiger partial charge in [0, 0.05) is 26.4 Å². The van der Waals surface area contributed by atoms with E-state index in [9.17, 15) is 19.2 Å². The quantitative estimate of drug-likeness (QED) is 0.103. The largest absolute Gasteiger partial charge is 0.466 e. The number of thiazole rings is 1. The van der Waals surface area contributed by atoms with Gasteiger partial charge >= 0.3 is 5.97 Å². The second-order valence-corrected chi connectivity index (χ2v) is 12.0. The van der Waals surface area contributed by atoms with Gasteiger partial charge in [-0.1, -0.05) is 24.3 Å². The predicted octanol–water partition coefficient (Wildman–Crippen LogP) is 5.84. The van der Waals surface area contributed by atoms with E-state index in [1.165, 1.54) is 34.4 Å². The molecule has 9 nitrogen and oxygen atoms in total. The first-order valence-corrected chi connectivity index (χ1v) is 15.5. The number of rotatable bonds is 12. The van der Waals surface area contributed by atoms with Gasteiger partial charge in [-0.15, -0.1) is 34.4 Å². The maximum Gasteiger partial charge on any atom is 0.311 e. The van der Waals surface area contributed by atoms with E-state index in [-0.39, 0.29) is 29.9 Å². The molecular formula is C30H28N4O5S3. The lowest BCUT2D eigenvalue weighted by Gasteiger charge is -2.13. The molecule has 0 bridgehead atoms. The number of nitrogens with one attached hydrogen (secondary N) is 3. The first-order valence-electron chi connectivity index (χ1n) is 12.9. The third-order valence-electron chi connectivity index (χ3n) is 5.57. The molecule has 2 aromatic carbocycles. The second-order valence-electron chi connectivity index (χ2n) is 8.75. The number of ether oxygens (including phenoxy) is 1. The minimum absolute atomic E-state index is 0.0537. The lowest BCUT2D eigenvalue weighted by Crippen LogP contribution is -2.30. The molecule has 0 aliphatic carbocycles. The van der Waals surface area contributed by atoms with Crippen LogP contribution >= 0.6 is 34.4 Å². The van der Waals surface area contributed by atoms with Gasteiger partial charge in [0.2, 0.25) is 5.91 Å². The fraction of sp³-hybridized carbons (Fsp3) is 0.167. The first kappa shape index (κ1) is 30.7. The second kappa shape index (κ2) is 15.1. The number of esters is 1. The molecular weight excluding hydrogens is 593 g/mol. The van der Waals surface area contributed by atoms with Crippen molar-refractivity contribution in [1.82, 2.24) is 10.3 Å². The van der Waals surface area contributed by atoms with E-state index in [4.69, 9.17) is 4.74 Å². The molecule has 12 heteroatoms. The Labute approximate surface area is 255 Å². The van der Waals surface area contributed by atoms with E-state index in [0.717, 1.165) is 9.77 Å². The summed E-state index contributed by atoms with van der Waals surface area (Å²) in [5, 5.41) is 11.9. The van der Waals surface area contributed by atoms with E-state index >= 15 is 0 Å². The molecule has 0 saturated heterocycles. The number of amides is 3. The zero-order valence-electron chi connectivity index (χ0n) is 22.8. The number of thiophene rings is 1. The predicted molar refractivity (Wildman–Crippen MR) is 168 cm³/mol. The van der Waals surface area contributed by atoms with Crippen LogP contribution in [0, 0.1) is 0 Å². The molecule has 0 saturated carbocycles. The highest BCUT2D eigenvalue weighted by atomic mass is 32.2. The van der Waals surface area contributed by atoms with Gasteiger partial charge < -0.3 is 20.7 Å². The number of carbonyl (C=O) groups excluding carboxylic acids is 4. The van der Waals surface area contributed by atoms with Crippen LogP contribution in [-0.2, 0) is 25.5 Å². The molecule has 0 fully saturated rings. The Morgan fingerprint density at radius 1 is 0.976 bits per heavy atom. The number of benzene rings is 2. The van der Waals surface area contributed by atoms with E-state index in [1.54, 1.807) is 73.8 Å². The normalized spacial score (nSPS) is 11.8. The Bertz CT molecular complexity index is 1550. The number of carbonyl (C=O) groups is 4. The lowest BCUT2D eigenvalue weighted by molar-refractivity contribution is -0.142. The molecule has 3 N–H and O–H groups in total. The Kier molecular flexibility index (Phi) is 11.0. The van der Waals surface area contributed by atoms with Crippen molar-refractivity contribution in [2.75, 3.05) is 17.2 Å². The minimum Gasteiger partial charge on any atom is -0.466 e. The fourth-order valence-electron chi connectivity index (χ4n) is 3.54. The van der Waals surface area contributed by atoms with Crippen molar-refractivity contribution in [3.05, 3.63) is 99.3 Å². The van der Waals surface area contributed by atoms with Crippen molar-refractivity contribution >= 4 is 75.0 Å². The van der Waals surface area contributed by atoms with Crippen LogP contribution in [0.25, 0.3) is 6.08 Å². The summed E-state index contributed by atoms with van der Waals surface area (Å²) in [6, 6.07) is 19.5. The SMILES string of the molecule is CCOC(=O)Cc1csc(NC(=O)C(C)Sc2ccc(NC(=O)/C(=C/c3cccs3)NC(=O)c3ccccc3)cc2)n1. The molecule has 1 atom stereocenters. The van der Waals surface area contributed by atoms with Crippen LogP contribution < -0.4 is 16.0 Å². The van der Waals surface area contributed by atoms with Crippen molar-refractivity contribution in [2.45, 2.75) is 30.4 Å². The van der Waals surface area contributed by atoms with Crippen LogP contribution in [0.15, 0.2) is 88.1 Å². The molecule has 0 spiro atoms. The van der Waals surface area contributed by atoms with Gasteiger partial charge in [0.25, 0.3) is 11.8 Å². The Morgan fingerprint density at radius 2 is 1.74 bits per heavy atom. The molecule has 216 valence electrons. The third-order valence-corrected chi connectivity index (χ3v) is 8.30. The molecule has 42 heavy (non-hydrogen) atoms. The van der Waals surface area contributed by atoms with Crippen molar-refractivity contribution in [3.63, 3.8) is 0 Å². The summed E-state index contributed by atoms with van der Waals surface area (Å²) in [4.78, 5) is 56.2. The van der Waals surface area contributed by atoms with Crippen LogP contribution in [0.4, 0.5) is 10.8 Å². The third kappa shape index (κ3) is 9.13. The maximum absolute atomic E-state index is 13.1. The first-order chi connectivity index (χ1) is 20.3. The summed E-state index contributed by atoms with van der Waals surface area (Å²) in [5.41, 5.74) is 1.63. The molecule has 3 amide bonds. The van der Waals surface area contributed by atoms with Crippen LogP contribution in [0.5, 0.6) is 0 Å². The summed E-state index contributed by atoms with van der Waals surface area (Å²) in [7, 11) is 0. The molecule has 4 aromatic rings. The maximum atomic E-state index is 13.1. The molecule has 0 aliphatic heterocycles. The molecule has 2 heterocycles. The van der Waals surface area contributed by atoms with Crippen molar-refractivity contribution < 1.29 is 23.9 Å². The van der Waals surface area contributed by atoms with Crippen LogP contribution in [-0.4, -0.2) is 40.5 Å². The lowest BCUT2D eigenvalue weighted by atomic mass is 10.2. The highest BCUT2D eigenvalue weighted by Crippen LogP contribution is 2.26. The van der Waals surface area contributed by atoms with E-state index < -0.39 is 11.2 Å². The number of thioether (sulfide) groups is 1. The van der Waals surface area contributed by atoms with Gasteiger partial charge in [-0.3, -0.25) is 19.2 Å². The molecule has 0 aliphatic rings. The smallest absolute Gasteiger partial charge is 0.311 e. The summed E-state index contributed by atoms with van der Waals surface area (Å²) >= 11 is 4.04. The number of nitrogens with zero attached hydrogens (tertiary/aromatic N) is 1. The highest BCUT2D eigenvalue weighted by Gasteiger charge is 2.18. The Balaban J connectivity index is 1.34. The van der Waals surface area contributed by atoms with Gasteiger partial charge in [0.15, 0.2) is 5.13 Å². The number of anilines is 2. The molecule has 2 aromatic heterocycles. The van der Waals surface area contributed by atoms with Crippen LogP contribution in [0.1, 0.15) is 34.8 Å². The summed E-state index contributed by atoms with van der Waals surface area (Å²) in [6.45, 7) is 3.82. The number of aromatic nitrogens is 1. The van der Waals surface area contributed by atoms with Gasteiger partial charge in [-0.25, -0.2) is 4.98 Å². The van der Waals surface area contributed by atoms with Crippen LogP contribution in [0.3, 0.4) is 0 Å². The summed E-state index contributed by atoms with van der Waals surface area (Å²) < 4.78 is 4.93. The van der Waals surface area contributed by atoms with E-state index in [1.807, 2.05) is 23.6 Å². The number of hydrogen-bond donors (Lipinski definition) is 3. The monoisotopic (exact) mass is 620 g/mol. The summed E-state index contributed by atoms with van der Waals surface area (Å²) in [6.07, 6.45) is 1.69. The minimum atomic E-state index is -0.466. The Hall–Kier alpha value is -4.26. The van der Waals surface area contributed by atoms with E-state index in [0.29, 0.717) is 28.7 Å². The van der Waals surface area contributed by atoms with Gasteiger partial charge in [-0.05, 0) is 67.8 Å². The van der Waals surface area contributed by atoms with Gasteiger partial charge in [0.1, 0.15) is 5.70 Å². The zero-order chi connectivity index (χ0) is 29.9. The summed E-state index contributed by atoms with van der Waals surface area (Å²) in [5.74, 6) is -1.45. The van der Waals surface area contributed by atoms with Crippen molar-refractivity contribution in [1.29, 1.82) is 0 Å². The van der Waals surface area contributed by atoms with Crippen molar-refractivity contribution in [3.8, 4) is 0 Å². The molecule has 1 unspecified atom stereocenters. The van der Waals surface area contributed by atoms with Gasteiger partial charge in [0.05, 0.1) is 24.0 Å². The zero-order valence-corrected chi connectivity index (χ0v) is 25.2. The Morgan fingerprint density at radius 3 is 2.43 bits per heavy atom.